The van der Waals surface area contributed by atoms with E-state index in [1.165, 1.54) is 11.3 Å². The molecular formula is C12H13BrN2O2S. The molecule has 0 aliphatic heterocycles. The van der Waals surface area contributed by atoms with E-state index in [0.29, 0.717) is 18.3 Å². The number of anilines is 1. The van der Waals surface area contributed by atoms with Gasteiger partial charge in [0.05, 0.1) is 16.8 Å². The molecule has 0 spiro atoms. The fourth-order valence-corrected chi connectivity index (χ4v) is 2.50. The first-order chi connectivity index (χ1) is 8.70. The summed E-state index contributed by atoms with van der Waals surface area (Å²) in [5.74, 6) is 0.791. The van der Waals surface area contributed by atoms with Crippen LogP contribution in [-0.2, 0) is 4.74 Å². The largest absolute Gasteiger partial charge is 0.490 e. The minimum absolute atomic E-state index is 0.526. The molecule has 0 amide bonds. The van der Waals surface area contributed by atoms with Gasteiger partial charge < -0.3 is 15.2 Å². The average molecular weight is 329 g/mol. The highest BCUT2D eigenvalue weighted by Crippen LogP contribution is 2.31. The van der Waals surface area contributed by atoms with E-state index in [-0.39, 0.29) is 0 Å². The summed E-state index contributed by atoms with van der Waals surface area (Å²) in [7, 11) is 1.65. The highest BCUT2D eigenvalue weighted by atomic mass is 79.9. The third-order valence-corrected chi connectivity index (χ3v) is 3.59. The summed E-state index contributed by atoms with van der Waals surface area (Å²) in [6, 6.07) is 5.84. The molecule has 2 N–H and O–H groups in total. The number of benzene rings is 1. The van der Waals surface area contributed by atoms with Gasteiger partial charge in [-0.15, -0.1) is 11.3 Å². The Kier molecular flexibility index (Phi) is 4.57. The number of hydrogen-bond donors (Lipinski definition) is 1. The molecule has 0 saturated carbocycles. The van der Waals surface area contributed by atoms with E-state index in [9.17, 15) is 0 Å². The van der Waals surface area contributed by atoms with Crippen molar-refractivity contribution in [2.75, 3.05) is 26.1 Å². The molecule has 0 fully saturated rings. The molecule has 1 aromatic carbocycles. The molecule has 6 heteroatoms. The van der Waals surface area contributed by atoms with Gasteiger partial charge in [0.2, 0.25) is 0 Å². The standard InChI is InChI=1S/C12H13BrN2O2S/c1-16-4-5-17-11-3-2-8(6-9(11)13)10-7-18-12(14)15-10/h2-3,6-7H,4-5H2,1H3,(H2,14,15). The number of nitrogen functional groups attached to an aromatic ring is 1. The number of ether oxygens (including phenoxy) is 2. The Morgan fingerprint density at radius 3 is 2.83 bits per heavy atom. The van der Waals surface area contributed by atoms with Crippen LogP contribution in [0.2, 0.25) is 0 Å². The smallest absolute Gasteiger partial charge is 0.180 e. The van der Waals surface area contributed by atoms with E-state index in [2.05, 4.69) is 20.9 Å². The molecule has 0 saturated heterocycles. The maximum absolute atomic E-state index is 5.62. The molecule has 96 valence electrons. The zero-order chi connectivity index (χ0) is 13.0. The monoisotopic (exact) mass is 328 g/mol. The van der Waals surface area contributed by atoms with Crippen LogP contribution < -0.4 is 10.5 Å². The molecule has 1 aromatic heterocycles. The first kappa shape index (κ1) is 13.3. The van der Waals surface area contributed by atoms with Crippen molar-refractivity contribution < 1.29 is 9.47 Å². The van der Waals surface area contributed by atoms with Crippen LogP contribution in [-0.4, -0.2) is 25.3 Å². The molecule has 0 unspecified atom stereocenters. The highest BCUT2D eigenvalue weighted by molar-refractivity contribution is 9.10. The van der Waals surface area contributed by atoms with Crippen LogP contribution in [0.15, 0.2) is 28.1 Å². The van der Waals surface area contributed by atoms with Crippen molar-refractivity contribution in [1.82, 2.24) is 4.98 Å². The number of methoxy groups -OCH3 is 1. The summed E-state index contributed by atoms with van der Waals surface area (Å²) in [4.78, 5) is 4.24. The van der Waals surface area contributed by atoms with Gasteiger partial charge in [-0.3, -0.25) is 0 Å². The van der Waals surface area contributed by atoms with E-state index in [1.54, 1.807) is 7.11 Å². The molecule has 1 heterocycles. The number of nitrogens with zero attached hydrogens (tertiary/aromatic N) is 1. The highest BCUT2D eigenvalue weighted by Gasteiger charge is 2.07. The van der Waals surface area contributed by atoms with Gasteiger partial charge in [-0.2, -0.15) is 0 Å². The van der Waals surface area contributed by atoms with Gasteiger partial charge in [0.15, 0.2) is 5.13 Å². The molecule has 0 aliphatic carbocycles. The third-order valence-electron chi connectivity index (χ3n) is 2.29. The van der Waals surface area contributed by atoms with Crippen molar-refractivity contribution in [2.45, 2.75) is 0 Å². The van der Waals surface area contributed by atoms with Crippen LogP contribution in [0.3, 0.4) is 0 Å². The summed E-state index contributed by atoms with van der Waals surface area (Å²) in [6.45, 7) is 1.09. The number of thiazole rings is 1. The van der Waals surface area contributed by atoms with Crippen LogP contribution in [0.1, 0.15) is 0 Å². The quantitative estimate of drug-likeness (QED) is 0.856. The molecule has 2 aromatic rings. The molecule has 0 aliphatic rings. The van der Waals surface area contributed by atoms with Crippen LogP contribution in [0.4, 0.5) is 5.13 Å². The van der Waals surface area contributed by atoms with Crippen molar-refractivity contribution in [2.24, 2.45) is 0 Å². The van der Waals surface area contributed by atoms with Crippen LogP contribution in [0.5, 0.6) is 5.75 Å². The number of aromatic nitrogens is 1. The van der Waals surface area contributed by atoms with Crippen molar-refractivity contribution in [3.8, 4) is 17.0 Å². The van der Waals surface area contributed by atoms with E-state index >= 15 is 0 Å². The molecule has 18 heavy (non-hydrogen) atoms. The van der Waals surface area contributed by atoms with Gasteiger partial charge in [0.1, 0.15) is 12.4 Å². The number of hydrogen-bond acceptors (Lipinski definition) is 5. The lowest BCUT2D eigenvalue weighted by Crippen LogP contribution is -2.04. The summed E-state index contributed by atoms with van der Waals surface area (Å²) < 4.78 is 11.4. The summed E-state index contributed by atoms with van der Waals surface area (Å²) in [5, 5.41) is 2.50. The number of halogens is 1. The minimum Gasteiger partial charge on any atom is -0.490 e. The predicted molar refractivity (Wildman–Crippen MR) is 77.0 cm³/mol. The second-order valence-corrected chi connectivity index (χ2v) is 5.30. The van der Waals surface area contributed by atoms with Crippen LogP contribution in [0, 0.1) is 0 Å². The van der Waals surface area contributed by atoms with E-state index in [0.717, 1.165) is 21.5 Å². The van der Waals surface area contributed by atoms with Crippen molar-refractivity contribution in [3.63, 3.8) is 0 Å². The topological polar surface area (TPSA) is 57.4 Å². The Morgan fingerprint density at radius 2 is 2.22 bits per heavy atom. The lowest BCUT2D eigenvalue weighted by molar-refractivity contribution is 0.146. The first-order valence-corrected chi connectivity index (χ1v) is 7.00. The Balaban J connectivity index is 2.14. The Bertz CT molecular complexity index is 531. The molecule has 0 atom stereocenters. The van der Waals surface area contributed by atoms with Crippen LogP contribution >= 0.6 is 27.3 Å². The van der Waals surface area contributed by atoms with Crippen molar-refractivity contribution >= 4 is 32.4 Å². The molecule has 2 rings (SSSR count). The second-order valence-electron chi connectivity index (χ2n) is 3.56. The molecule has 0 radical (unpaired) electrons. The maximum Gasteiger partial charge on any atom is 0.180 e. The van der Waals surface area contributed by atoms with E-state index in [4.69, 9.17) is 15.2 Å². The summed E-state index contributed by atoms with van der Waals surface area (Å²) in [5.41, 5.74) is 7.51. The van der Waals surface area contributed by atoms with Gasteiger partial charge in [-0.25, -0.2) is 4.98 Å². The summed E-state index contributed by atoms with van der Waals surface area (Å²) in [6.07, 6.45) is 0. The molecule has 4 nitrogen and oxygen atoms in total. The Labute approximate surface area is 118 Å². The van der Waals surface area contributed by atoms with Gasteiger partial charge in [0, 0.05) is 18.1 Å². The van der Waals surface area contributed by atoms with Gasteiger partial charge in [-0.05, 0) is 34.1 Å². The first-order valence-electron chi connectivity index (χ1n) is 5.33. The van der Waals surface area contributed by atoms with Crippen molar-refractivity contribution in [1.29, 1.82) is 0 Å². The zero-order valence-electron chi connectivity index (χ0n) is 9.85. The minimum atomic E-state index is 0.526. The van der Waals surface area contributed by atoms with Gasteiger partial charge >= 0.3 is 0 Å². The molecule has 0 bridgehead atoms. The lowest BCUT2D eigenvalue weighted by Gasteiger charge is -2.08. The number of rotatable bonds is 5. The normalized spacial score (nSPS) is 10.6. The predicted octanol–water partition coefficient (Wildman–Crippen LogP) is 3.18. The fourth-order valence-electron chi connectivity index (χ4n) is 1.43. The van der Waals surface area contributed by atoms with E-state index < -0.39 is 0 Å². The van der Waals surface area contributed by atoms with Gasteiger partial charge in [-0.1, -0.05) is 0 Å². The zero-order valence-corrected chi connectivity index (χ0v) is 12.3. The van der Waals surface area contributed by atoms with Gasteiger partial charge in [0.25, 0.3) is 0 Å². The molecular weight excluding hydrogens is 316 g/mol. The Hall–Kier alpha value is -1.11. The van der Waals surface area contributed by atoms with Crippen molar-refractivity contribution in [3.05, 3.63) is 28.1 Å². The van der Waals surface area contributed by atoms with E-state index in [1.807, 2.05) is 23.6 Å². The SMILES string of the molecule is COCCOc1ccc(-c2csc(N)n2)cc1Br. The summed E-state index contributed by atoms with van der Waals surface area (Å²) >= 11 is 4.91. The second kappa shape index (κ2) is 6.17. The average Bonchev–Trinajstić information content (AvgIpc) is 2.78. The maximum atomic E-state index is 5.62. The fraction of sp³-hybridized carbons (Fsp3) is 0.250. The Morgan fingerprint density at radius 1 is 1.39 bits per heavy atom. The third kappa shape index (κ3) is 3.22. The van der Waals surface area contributed by atoms with Crippen LogP contribution in [0.25, 0.3) is 11.3 Å². The lowest BCUT2D eigenvalue weighted by atomic mass is 10.2. The number of nitrogens with two attached hydrogens (primary N) is 1.